The van der Waals surface area contributed by atoms with Crippen molar-refractivity contribution in [3.05, 3.63) is 22.8 Å². The van der Waals surface area contributed by atoms with Gasteiger partial charge in [-0.25, -0.2) is 4.98 Å². The van der Waals surface area contributed by atoms with Gasteiger partial charge in [0.1, 0.15) is 6.61 Å². The highest BCUT2D eigenvalue weighted by molar-refractivity contribution is 6.31. The Morgan fingerprint density at radius 2 is 2.14 bits per heavy atom. The van der Waals surface area contributed by atoms with Gasteiger partial charge >= 0.3 is 0 Å². The number of likely N-dealkylation sites (tertiary alicyclic amines) is 1. The van der Waals surface area contributed by atoms with Crippen molar-refractivity contribution in [2.24, 2.45) is 5.92 Å². The van der Waals surface area contributed by atoms with E-state index in [2.05, 4.69) is 29.0 Å². The SMILES string of the molecule is CC(C)CNCc1cc(OCCN2CCCC2)ncc1Cl. The summed E-state index contributed by atoms with van der Waals surface area (Å²) in [6.07, 6.45) is 4.30. The number of ether oxygens (including phenoxy) is 1. The Balaban J connectivity index is 1.79. The standard InChI is InChI=1S/C16H26ClN3O/c1-13(2)10-18-11-14-9-16(19-12-15(14)17)21-8-7-20-5-3-4-6-20/h9,12-13,18H,3-8,10-11H2,1-2H3. The molecule has 1 N–H and O–H groups in total. The lowest BCUT2D eigenvalue weighted by molar-refractivity contribution is 0.232. The zero-order valence-corrected chi connectivity index (χ0v) is 13.8. The van der Waals surface area contributed by atoms with Gasteiger partial charge in [0.05, 0.1) is 5.02 Å². The molecule has 0 aliphatic carbocycles. The molecule has 0 atom stereocenters. The maximum atomic E-state index is 6.18. The number of nitrogens with zero attached hydrogens (tertiary/aromatic N) is 2. The van der Waals surface area contributed by atoms with Crippen LogP contribution in [0.4, 0.5) is 0 Å². The molecular formula is C16H26ClN3O. The minimum Gasteiger partial charge on any atom is -0.476 e. The van der Waals surface area contributed by atoms with Gasteiger partial charge in [-0.05, 0) is 44.0 Å². The number of nitrogens with one attached hydrogen (secondary N) is 1. The first kappa shape index (κ1) is 16.5. The Morgan fingerprint density at radius 3 is 2.86 bits per heavy atom. The molecular weight excluding hydrogens is 286 g/mol. The van der Waals surface area contributed by atoms with Crippen LogP contribution < -0.4 is 10.1 Å². The Hall–Kier alpha value is -0.840. The molecule has 1 fully saturated rings. The van der Waals surface area contributed by atoms with Gasteiger partial charge in [-0.1, -0.05) is 25.4 Å². The summed E-state index contributed by atoms with van der Waals surface area (Å²) >= 11 is 6.18. The molecule has 0 radical (unpaired) electrons. The largest absolute Gasteiger partial charge is 0.476 e. The Bertz CT molecular complexity index is 434. The van der Waals surface area contributed by atoms with Gasteiger partial charge in [0, 0.05) is 25.4 Å². The zero-order chi connectivity index (χ0) is 15.1. The van der Waals surface area contributed by atoms with Crippen LogP contribution in [0.5, 0.6) is 5.88 Å². The van der Waals surface area contributed by atoms with E-state index < -0.39 is 0 Å². The highest BCUT2D eigenvalue weighted by Gasteiger charge is 2.11. The van der Waals surface area contributed by atoms with Gasteiger partial charge in [-0.3, -0.25) is 4.90 Å². The molecule has 0 saturated carbocycles. The zero-order valence-electron chi connectivity index (χ0n) is 13.1. The van der Waals surface area contributed by atoms with Crippen LogP contribution in [0.25, 0.3) is 0 Å². The third-order valence-corrected chi connectivity index (χ3v) is 3.97. The molecule has 1 aromatic rings. The van der Waals surface area contributed by atoms with Gasteiger partial charge in [-0.15, -0.1) is 0 Å². The molecule has 0 unspecified atom stereocenters. The summed E-state index contributed by atoms with van der Waals surface area (Å²) in [6.45, 7) is 10.2. The maximum Gasteiger partial charge on any atom is 0.213 e. The van der Waals surface area contributed by atoms with Gasteiger partial charge in [0.15, 0.2) is 0 Å². The van der Waals surface area contributed by atoms with E-state index in [9.17, 15) is 0 Å². The molecule has 1 aromatic heterocycles. The monoisotopic (exact) mass is 311 g/mol. The number of aromatic nitrogens is 1. The molecule has 1 aliphatic rings. The fourth-order valence-electron chi connectivity index (χ4n) is 2.45. The van der Waals surface area contributed by atoms with Crippen molar-refractivity contribution in [1.82, 2.24) is 15.2 Å². The van der Waals surface area contributed by atoms with Crippen molar-refractivity contribution in [2.45, 2.75) is 33.2 Å². The van der Waals surface area contributed by atoms with E-state index in [1.165, 1.54) is 25.9 Å². The second-order valence-electron chi connectivity index (χ2n) is 6.04. The lowest BCUT2D eigenvalue weighted by atomic mass is 10.2. The topological polar surface area (TPSA) is 37.4 Å². The van der Waals surface area contributed by atoms with E-state index in [4.69, 9.17) is 16.3 Å². The van der Waals surface area contributed by atoms with E-state index in [0.717, 1.165) is 25.2 Å². The molecule has 21 heavy (non-hydrogen) atoms. The van der Waals surface area contributed by atoms with E-state index in [0.29, 0.717) is 23.4 Å². The molecule has 0 bridgehead atoms. The van der Waals surface area contributed by atoms with Crippen molar-refractivity contribution >= 4 is 11.6 Å². The molecule has 1 aliphatic heterocycles. The minimum absolute atomic E-state index is 0.627. The Kier molecular flexibility index (Phi) is 6.74. The van der Waals surface area contributed by atoms with Crippen LogP contribution in [0.1, 0.15) is 32.3 Å². The van der Waals surface area contributed by atoms with Gasteiger partial charge in [0.25, 0.3) is 0 Å². The van der Waals surface area contributed by atoms with Crippen LogP contribution in [-0.4, -0.2) is 42.7 Å². The molecule has 0 amide bonds. The summed E-state index contributed by atoms with van der Waals surface area (Å²) in [4.78, 5) is 6.68. The molecule has 0 aromatic carbocycles. The van der Waals surface area contributed by atoms with Crippen molar-refractivity contribution in [1.29, 1.82) is 0 Å². The number of pyridine rings is 1. The number of hydrogen-bond donors (Lipinski definition) is 1. The second-order valence-corrected chi connectivity index (χ2v) is 6.44. The first-order valence-electron chi connectivity index (χ1n) is 7.85. The van der Waals surface area contributed by atoms with Crippen molar-refractivity contribution in [3.8, 4) is 5.88 Å². The summed E-state index contributed by atoms with van der Waals surface area (Å²) in [5.41, 5.74) is 1.04. The normalized spacial score (nSPS) is 15.8. The average molecular weight is 312 g/mol. The Labute approximate surface area is 132 Å². The summed E-state index contributed by atoms with van der Waals surface area (Å²) in [5.74, 6) is 1.29. The van der Waals surface area contributed by atoms with Crippen LogP contribution in [0.15, 0.2) is 12.3 Å². The average Bonchev–Trinajstić information content (AvgIpc) is 2.95. The van der Waals surface area contributed by atoms with E-state index in [1.807, 2.05) is 6.07 Å². The van der Waals surface area contributed by atoms with Crippen LogP contribution in [0.2, 0.25) is 5.02 Å². The molecule has 118 valence electrons. The second kappa shape index (κ2) is 8.57. The maximum absolute atomic E-state index is 6.18. The van der Waals surface area contributed by atoms with Gasteiger partial charge in [0.2, 0.25) is 5.88 Å². The van der Waals surface area contributed by atoms with Crippen LogP contribution in [0, 0.1) is 5.92 Å². The fourth-order valence-corrected chi connectivity index (χ4v) is 2.62. The number of hydrogen-bond acceptors (Lipinski definition) is 4. The highest BCUT2D eigenvalue weighted by atomic mass is 35.5. The third-order valence-electron chi connectivity index (χ3n) is 3.63. The molecule has 2 rings (SSSR count). The quantitative estimate of drug-likeness (QED) is 0.801. The van der Waals surface area contributed by atoms with Crippen molar-refractivity contribution in [2.75, 3.05) is 32.8 Å². The van der Waals surface area contributed by atoms with E-state index in [1.54, 1.807) is 6.20 Å². The molecule has 5 heteroatoms. The fraction of sp³-hybridized carbons (Fsp3) is 0.688. The highest BCUT2D eigenvalue weighted by Crippen LogP contribution is 2.19. The van der Waals surface area contributed by atoms with Crippen LogP contribution >= 0.6 is 11.6 Å². The van der Waals surface area contributed by atoms with Crippen molar-refractivity contribution < 1.29 is 4.74 Å². The molecule has 1 saturated heterocycles. The summed E-state index contributed by atoms with van der Waals surface area (Å²) in [5, 5.41) is 4.09. The molecule has 0 spiro atoms. The van der Waals surface area contributed by atoms with Crippen molar-refractivity contribution in [3.63, 3.8) is 0 Å². The van der Waals surface area contributed by atoms with Gasteiger partial charge in [-0.2, -0.15) is 0 Å². The Morgan fingerprint density at radius 1 is 1.38 bits per heavy atom. The predicted octanol–water partition coefficient (Wildman–Crippen LogP) is 2.96. The lowest BCUT2D eigenvalue weighted by Crippen LogP contribution is -2.25. The third kappa shape index (κ3) is 5.81. The smallest absolute Gasteiger partial charge is 0.213 e. The molecule has 2 heterocycles. The summed E-state index contributed by atoms with van der Waals surface area (Å²) in [6, 6.07) is 1.94. The number of rotatable bonds is 8. The summed E-state index contributed by atoms with van der Waals surface area (Å²) in [7, 11) is 0. The minimum atomic E-state index is 0.627. The first-order valence-corrected chi connectivity index (χ1v) is 8.23. The van der Waals surface area contributed by atoms with E-state index >= 15 is 0 Å². The predicted molar refractivity (Wildman–Crippen MR) is 87.0 cm³/mol. The first-order chi connectivity index (χ1) is 10.1. The molecule has 4 nitrogen and oxygen atoms in total. The lowest BCUT2D eigenvalue weighted by Gasteiger charge is -2.15. The number of halogens is 1. The van der Waals surface area contributed by atoms with Crippen LogP contribution in [0.3, 0.4) is 0 Å². The van der Waals surface area contributed by atoms with E-state index in [-0.39, 0.29) is 0 Å². The van der Waals surface area contributed by atoms with Gasteiger partial charge < -0.3 is 10.1 Å². The summed E-state index contributed by atoms with van der Waals surface area (Å²) < 4.78 is 5.75. The van der Waals surface area contributed by atoms with Crippen LogP contribution in [-0.2, 0) is 6.54 Å².